The molecule has 0 saturated heterocycles. The summed E-state index contributed by atoms with van der Waals surface area (Å²) in [5.74, 6) is -3.80. The number of hydrogen-bond acceptors (Lipinski definition) is 2. The molecule has 20 heavy (non-hydrogen) atoms. The summed E-state index contributed by atoms with van der Waals surface area (Å²) in [5.41, 5.74) is 0.313. The van der Waals surface area contributed by atoms with Gasteiger partial charge in [0, 0.05) is 18.7 Å². The molecule has 6 heteroatoms. The first-order valence-corrected chi connectivity index (χ1v) is 5.72. The second-order valence-electron chi connectivity index (χ2n) is 4.07. The van der Waals surface area contributed by atoms with Crippen LogP contribution in [0.3, 0.4) is 0 Å². The van der Waals surface area contributed by atoms with Gasteiger partial charge in [-0.3, -0.25) is 0 Å². The highest BCUT2D eigenvalue weighted by atomic mass is 19.2. The molecule has 0 aliphatic carbocycles. The van der Waals surface area contributed by atoms with Gasteiger partial charge in [-0.25, -0.2) is 17.6 Å². The minimum absolute atomic E-state index is 0.0584. The molecule has 0 fully saturated rings. The normalized spacial score (nSPS) is 10.4. The Balaban J connectivity index is 2.13. The van der Waals surface area contributed by atoms with E-state index in [4.69, 9.17) is 4.74 Å². The van der Waals surface area contributed by atoms with Gasteiger partial charge in [0.15, 0.2) is 23.2 Å². The number of benzene rings is 2. The first kappa shape index (κ1) is 14.2. The fourth-order valence-electron chi connectivity index (χ4n) is 1.68. The summed E-state index contributed by atoms with van der Waals surface area (Å²) in [6.45, 7) is 0.0584. The number of rotatable bonds is 4. The minimum Gasteiger partial charge on any atom is -0.494 e. The Kier molecular flexibility index (Phi) is 4.12. The molecule has 2 nitrogen and oxygen atoms in total. The predicted octanol–water partition coefficient (Wildman–Crippen LogP) is 3.86. The van der Waals surface area contributed by atoms with Gasteiger partial charge in [0.1, 0.15) is 5.82 Å². The standard InChI is InChI=1S/C14H11F4NO/c1-20-14-3-2-8(4-12(14)18)7-19-13-6-10(16)9(15)5-11(13)17/h2-6,19H,7H2,1H3. The van der Waals surface area contributed by atoms with Crippen LogP contribution < -0.4 is 10.1 Å². The summed E-state index contributed by atoms with van der Waals surface area (Å²) in [6.07, 6.45) is 0. The van der Waals surface area contributed by atoms with Crippen molar-refractivity contribution in [3.8, 4) is 5.75 Å². The van der Waals surface area contributed by atoms with Crippen molar-refractivity contribution in [2.45, 2.75) is 6.54 Å². The first-order valence-electron chi connectivity index (χ1n) is 5.72. The molecule has 2 rings (SSSR count). The summed E-state index contributed by atoms with van der Waals surface area (Å²) in [7, 11) is 1.34. The number of methoxy groups -OCH3 is 1. The zero-order valence-electron chi connectivity index (χ0n) is 10.5. The molecule has 2 aromatic carbocycles. The lowest BCUT2D eigenvalue weighted by Crippen LogP contribution is -2.03. The highest BCUT2D eigenvalue weighted by Gasteiger charge is 2.10. The molecule has 0 spiro atoms. The molecule has 1 N–H and O–H groups in total. The van der Waals surface area contributed by atoms with E-state index in [1.54, 1.807) is 6.07 Å². The number of ether oxygens (including phenoxy) is 1. The lowest BCUT2D eigenvalue weighted by molar-refractivity contribution is 0.386. The Bertz CT molecular complexity index is 631. The topological polar surface area (TPSA) is 21.3 Å². The Morgan fingerprint density at radius 2 is 1.60 bits per heavy atom. The van der Waals surface area contributed by atoms with Crippen LogP contribution in [0.1, 0.15) is 5.56 Å². The third-order valence-corrected chi connectivity index (χ3v) is 2.71. The maximum atomic E-state index is 13.4. The van der Waals surface area contributed by atoms with Gasteiger partial charge in [-0.05, 0) is 17.7 Å². The van der Waals surface area contributed by atoms with Crippen molar-refractivity contribution in [3.63, 3.8) is 0 Å². The van der Waals surface area contributed by atoms with Crippen molar-refractivity contribution in [3.05, 3.63) is 59.2 Å². The van der Waals surface area contributed by atoms with Crippen LogP contribution >= 0.6 is 0 Å². The van der Waals surface area contributed by atoms with E-state index in [2.05, 4.69) is 5.32 Å². The molecule has 0 aliphatic heterocycles. The van der Waals surface area contributed by atoms with Crippen molar-refractivity contribution in [1.29, 1.82) is 0 Å². The Morgan fingerprint density at radius 1 is 0.900 bits per heavy atom. The van der Waals surface area contributed by atoms with Gasteiger partial charge in [-0.15, -0.1) is 0 Å². The van der Waals surface area contributed by atoms with Gasteiger partial charge in [-0.1, -0.05) is 6.07 Å². The molecule has 0 unspecified atom stereocenters. The molecule has 0 amide bonds. The van der Waals surface area contributed by atoms with E-state index in [9.17, 15) is 17.6 Å². The Morgan fingerprint density at radius 3 is 2.25 bits per heavy atom. The van der Waals surface area contributed by atoms with Crippen molar-refractivity contribution in [1.82, 2.24) is 0 Å². The fourth-order valence-corrected chi connectivity index (χ4v) is 1.68. The van der Waals surface area contributed by atoms with E-state index in [1.807, 2.05) is 0 Å². The average Bonchev–Trinajstić information content (AvgIpc) is 2.41. The van der Waals surface area contributed by atoms with Crippen LogP contribution in [0.2, 0.25) is 0 Å². The van der Waals surface area contributed by atoms with Gasteiger partial charge in [0.05, 0.1) is 12.8 Å². The van der Waals surface area contributed by atoms with Crippen LogP contribution in [0.5, 0.6) is 5.75 Å². The molecule has 106 valence electrons. The lowest BCUT2D eigenvalue weighted by Gasteiger charge is -2.09. The van der Waals surface area contributed by atoms with E-state index in [-0.39, 0.29) is 18.0 Å². The minimum atomic E-state index is -1.26. The second-order valence-corrected chi connectivity index (χ2v) is 4.07. The molecule has 2 aromatic rings. The number of halogens is 4. The van der Waals surface area contributed by atoms with Crippen LogP contribution in [-0.2, 0) is 6.54 Å². The van der Waals surface area contributed by atoms with Crippen molar-refractivity contribution >= 4 is 5.69 Å². The third kappa shape index (κ3) is 3.01. The fraction of sp³-hybridized carbons (Fsp3) is 0.143. The summed E-state index contributed by atoms with van der Waals surface area (Å²) < 4.78 is 57.3. The largest absolute Gasteiger partial charge is 0.494 e. The third-order valence-electron chi connectivity index (χ3n) is 2.71. The van der Waals surface area contributed by atoms with Crippen LogP contribution in [0, 0.1) is 23.3 Å². The maximum Gasteiger partial charge on any atom is 0.165 e. The van der Waals surface area contributed by atoms with Crippen LogP contribution in [0.15, 0.2) is 30.3 Å². The monoisotopic (exact) mass is 285 g/mol. The highest BCUT2D eigenvalue weighted by Crippen LogP contribution is 2.21. The molecule has 0 aliphatic rings. The number of hydrogen-bond donors (Lipinski definition) is 1. The average molecular weight is 285 g/mol. The first-order chi connectivity index (χ1) is 9.51. The summed E-state index contributed by atoms with van der Waals surface area (Å²) in [4.78, 5) is 0. The van der Waals surface area contributed by atoms with Gasteiger partial charge in [0.2, 0.25) is 0 Å². The van der Waals surface area contributed by atoms with E-state index < -0.39 is 23.3 Å². The molecule has 0 atom stereocenters. The van der Waals surface area contributed by atoms with E-state index in [0.29, 0.717) is 17.7 Å². The van der Waals surface area contributed by atoms with Crippen LogP contribution in [0.25, 0.3) is 0 Å². The molecule has 0 saturated carbocycles. The Labute approximate surface area is 113 Å². The molecular weight excluding hydrogens is 274 g/mol. The van der Waals surface area contributed by atoms with Gasteiger partial charge in [0.25, 0.3) is 0 Å². The molecule has 0 heterocycles. The Hall–Kier alpha value is -2.24. The second kappa shape index (κ2) is 5.81. The number of nitrogens with one attached hydrogen (secondary N) is 1. The van der Waals surface area contributed by atoms with Crippen LogP contribution in [0.4, 0.5) is 23.2 Å². The summed E-state index contributed by atoms with van der Waals surface area (Å²) in [5, 5.41) is 2.57. The SMILES string of the molecule is COc1ccc(CNc2cc(F)c(F)cc2F)cc1F. The molecule has 0 aromatic heterocycles. The number of anilines is 1. The molecule has 0 bridgehead atoms. The van der Waals surface area contributed by atoms with Gasteiger partial charge in [-0.2, -0.15) is 0 Å². The zero-order chi connectivity index (χ0) is 14.7. The van der Waals surface area contributed by atoms with Gasteiger partial charge >= 0.3 is 0 Å². The van der Waals surface area contributed by atoms with Crippen LogP contribution in [-0.4, -0.2) is 7.11 Å². The summed E-state index contributed by atoms with van der Waals surface area (Å²) in [6, 6.07) is 5.38. The predicted molar refractivity (Wildman–Crippen MR) is 66.6 cm³/mol. The zero-order valence-corrected chi connectivity index (χ0v) is 10.5. The summed E-state index contributed by atoms with van der Waals surface area (Å²) >= 11 is 0. The highest BCUT2D eigenvalue weighted by molar-refractivity contribution is 5.46. The van der Waals surface area contributed by atoms with E-state index in [0.717, 1.165) is 0 Å². The lowest BCUT2D eigenvalue weighted by atomic mass is 10.2. The van der Waals surface area contributed by atoms with E-state index in [1.165, 1.54) is 19.2 Å². The van der Waals surface area contributed by atoms with E-state index >= 15 is 0 Å². The molecule has 0 radical (unpaired) electrons. The quantitative estimate of drug-likeness (QED) is 0.680. The van der Waals surface area contributed by atoms with Gasteiger partial charge < -0.3 is 10.1 Å². The smallest absolute Gasteiger partial charge is 0.165 e. The molecular formula is C14H11F4NO. The van der Waals surface area contributed by atoms with Crippen molar-refractivity contribution < 1.29 is 22.3 Å². The van der Waals surface area contributed by atoms with Crippen molar-refractivity contribution in [2.24, 2.45) is 0 Å². The maximum absolute atomic E-state index is 13.4. The van der Waals surface area contributed by atoms with Crippen molar-refractivity contribution in [2.75, 3.05) is 12.4 Å².